The average molecular weight is 335 g/mol. The van der Waals surface area contributed by atoms with E-state index in [1.165, 1.54) is 11.1 Å². The zero-order chi connectivity index (χ0) is 13.8. The fraction of sp³-hybridized carbons (Fsp3) is 0.133. The third kappa shape index (κ3) is 4.04. The zero-order valence-corrected chi connectivity index (χ0v) is 13.2. The topological polar surface area (TPSA) is 24.1 Å². The van der Waals surface area contributed by atoms with E-state index in [1.807, 2.05) is 24.3 Å². The molecule has 0 amide bonds. The number of nitrogens with one attached hydrogen (secondary N) is 2. The van der Waals surface area contributed by atoms with Crippen molar-refractivity contribution in [3.05, 3.63) is 58.1 Å². The fourth-order valence-electron chi connectivity index (χ4n) is 1.89. The quantitative estimate of drug-likeness (QED) is 0.765. The third-order valence-corrected chi connectivity index (χ3v) is 3.50. The van der Waals surface area contributed by atoms with Gasteiger partial charge in [0.15, 0.2) is 5.11 Å². The Morgan fingerprint density at radius 1 is 1.00 bits per heavy atom. The molecule has 19 heavy (non-hydrogen) atoms. The molecule has 2 rings (SSSR count). The van der Waals surface area contributed by atoms with Gasteiger partial charge in [0.1, 0.15) is 0 Å². The Morgan fingerprint density at radius 3 is 2.26 bits per heavy atom. The maximum atomic E-state index is 5.32. The number of aryl methyl sites for hydroxylation is 2. The lowest BCUT2D eigenvalue weighted by Gasteiger charge is -2.12. The summed E-state index contributed by atoms with van der Waals surface area (Å²) >= 11 is 8.80. The van der Waals surface area contributed by atoms with Crippen LogP contribution in [0.1, 0.15) is 11.1 Å². The first-order chi connectivity index (χ1) is 9.04. The Morgan fingerprint density at radius 2 is 1.63 bits per heavy atom. The van der Waals surface area contributed by atoms with E-state index in [1.54, 1.807) is 0 Å². The van der Waals surface area contributed by atoms with Crippen LogP contribution in [0, 0.1) is 13.8 Å². The molecule has 2 N–H and O–H groups in total. The highest BCUT2D eigenvalue weighted by atomic mass is 79.9. The molecule has 2 aromatic carbocycles. The summed E-state index contributed by atoms with van der Waals surface area (Å²) in [7, 11) is 0. The number of hydrogen-bond acceptors (Lipinski definition) is 1. The van der Waals surface area contributed by atoms with Gasteiger partial charge in [0, 0.05) is 10.2 Å². The zero-order valence-electron chi connectivity index (χ0n) is 10.8. The normalized spacial score (nSPS) is 10.1. The summed E-state index contributed by atoms with van der Waals surface area (Å²) in [5.74, 6) is 0. The van der Waals surface area contributed by atoms with Gasteiger partial charge in [0.2, 0.25) is 0 Å². The number of para-hydroxylation sites is 1. The lowest BCUT2D eigenvalue weighted by molar-refractivity contribution is 1.38. The molecule has 0 saturated heterocycles. The van der Waals surface area contributed by atoms with Gasteiger partial charge in [0.05, 0.1) is 5.69 Å². The van der Waals surface area contributed by atoms with Gasteiger partial charge in [-0.25, -0.2) is 0 Å². The SMILES string of the molecule is Cc1cc(C)cc(NC(=S)Nc2ccccc2Br)c1. The van der Waals surface area contributed by atoms with Crippen LogP contribution in [0.25, 0.3) is 0 Å². The molecule has 2 nitrogen and oxygen atoms in total. The number of hydrogen-bond donors (Lipinski definition) is 2. The molecule has 0 unspecified atom stereocenters. The van der Waals surface area contributed by atoms with Gasteiger partial charge in [-0.2, -0.15) is 0 Å². The molecule has 4 heteroatoms. The Hall–Kier alpha value is -1.39. The number of thiocarbonyl (C=S) groups is 1. The molecule has 2 aromatic rings. The minimum atomic E-state index is 0.580. The first kappa shape index (κ1) is 14.0. The van der Waals surface area contributed by atoms with E-state index in [0.717, 1.165) is 15.8 Å². The molecule has 0 aromatic heterocycles. The van der Waals surface area contributed by atoms with Gasteiger partial charge in [0.25, 0.3) is 0 Å². The molecule has 0 aliphatic heterocycles. The Bertz CT molecular complexity index is 591. The van der Waals surface area contributed by atoms with E-state index in [-0.39, 0.29) is 0 Å². The second kappa shape index (κ2) is 6.17. The Balaban J connectivity index is 2.07. The molecule has 0 bridgehead atoms. The van der Waals surface area contributed by atoms with Crippen molar-refractivity contribution < 1.29 is 0 Å². The molecule has 0 saturated carbocycles. The highest BCUT2D eigenvalue weighted by Gasteiger charge is 2.02. The minimum absolute atomic E-state index is 0.580. The van der Waals surface area contributed by atoms with E-state index in [0.29, 0.717) is 5.11 Å². The van der Waals surface area contributed by atoms with Crippen molar-refractivity contribution in [1.29, 1.82) is 0 Å². The predicted octanol–water partition coefficient (Wildman–Crippen LogP) is 4.87. The summed E-state index contributed by atoms with van der Waals surface area (Å²) in [6, 6.07) is 14.2. The van der Waals surface area contributed by atoms with Crippen LogP contribution in [0.15, 0.2) is 46.9 Å². The van der Waals surface area contributed by atoms with E-state index in [4.69, 9.17) is 12.2 Å². The monoisotopic (exact) mass is 334 g/mol. The van der Waals surface area contributed by atoms with Crippen LogP contribution < -0.4 is 10.6 Å². The van der Waals surface area contributed by atoms with E-state index in [9.17, 15) is 0 Å². The second-order valence-corrected chi connectivity index (χ2v) is 5.70. The van der Waals surface area contributed by atoms with Crippen molar-refractivity contribution in [2.24, 2.45) is 0 Å². The van der Waals surface area contributed by atoms with Gasteiger partial charge in [-0.15, -0.1) is 0 Å². The van der Waals surface area contributed by atoms with Crippen LogP contribution in [0.5, 0.6) is 0 Å². The van der Waals surface area contributed by atoms with Crippen molar-refractivity contribution in [3.8, 4) is 0 Å². The van der Waals surface area contributed by atoms with Gasteiger partial charge >= 0.3 is 0 Å². The molecular weight excluding hydrogens is 320 g/mol. The number of anilines is 2. The fourth-order valence-corrected chi connectivity index (χ4v) is 2.51. The minimum Gasteiger partial charge on any atom is -0.332 e. The van der Waals surface area contributed by atoms with Crippen molar-refractivity contribution >= 4 is 44.6 Å². The van der Waals surface area contributed by atoms with Gasteiger partial charge in [-0.3, -0.25) is 0 Å². The third-order valence-electron chi connectivity index (χ3n) is 2.60. The standard InChI is InChI=1S/C15H15BrN2S/c1-10-7-11(2)9-12(8-10)17-15(19)18-14-6-4-3-5-13(14)16/h3-9H,1-2H3,(H2,17,18,19). The van der Waals surface area contributed by atoms with E-state index < -0.39 is 0 Å². The number of halogens is 1. The van der Waals surface area contributed by atoms with Gasteiger partial charge < -0.3 is 10.6 Å². The number of benzene rings is 2. The molecule has 98 valence electrons. The van der Waals surface area contributed by atoms with Crippen molar-refractivity contribution in [1.82, 2.24) is 0 Å². The molecule has 0 radical (unpaired) electrons. The molecule has 0 spiro atoms. The summed E-state index contributed by atoms with van der Waals surface area (Å²) in [5, 5.41) is 6.95. The molecule has 0 fully saturated rings. The summed E-state index contributed by atoms with van der Waals surface area (Å²) in [4.78, 5) is 0. The maximum absolute atomic E-state index is 5.32. The highest BCUT2D eigenvalue weighted by Crippen LogP contribution is 2.21. The lowest BCUT2D eigenvalue weighted by atomic mass is 10.1. The summed E-state index contributed by atoms with van der Waals surface area (Å²) in [6.45, 7) is 4.14. The first-order valence-corrected chi connectivity index (χ1v) is 7.15. The smallest absolute Gasteiger partial charge is 0.175 e. The maximum Gasteiger partial charge on any atom is 0.175 e. The molecule has 0 atom stereocenters. The van der Waals surface area contributed by atoms with E-state index >= 15 is 0 Å². The molecule has 0 heterocycles. The summed E-state index contributed by atoms with van der Waals surface area (Å²) in [5.41, 5.74) is 4.38. The van der Waals surface area contributed by atoms with E-state index in [2.05, 4.69) is 58.6 Å². The van der Waals surface area contributed by atoms with Crippen molar-refractivity contribution in [2.75, 3.05) is 10.6 Å². The average Bonchev–Trinajstić information content (AvgIpc) is 2.30. The molecular formula is C15H15BrN2S. The predicted molar refractivity (Wildman–Crippen MR) is 89.9 cm³/mol. The largest absolute Gasteiger partial charge is 0.332 e. The van der Waals surface area contributed by atoms with Crippen molar-refractivity contribution in [2.45, 2.75) is 13.8 Å². The number of rotatable bonds is 2. The van der Waals surface area contributed by atoms with Crippen molar-refractivity contribution in [3.63, 3.8) is 0 Å². The summed E-state index contributed by atoms with van der Waals surface area (Å²) in [6.07, 6.45) is 0. The van der Waals surface area contributed by atoms with Crippen LogP contribution in [-0.4, -0.2) is 5.11 Å². The highest BCUT2D eigenvalue weighted by molar-refractivity contribution is 9.10. The van der Waals surface area contributed by atoms with Crippen LogP contribution in [0.3, 0.4) is 0 Å². The summed E-state index contributed by atoms with van der Waals surface area (Å²) < 4.78 is 0.986. The van der Waals surface area contributed by atoms with Crippen LogP contribution in [0.2, 0.25) is 0 Å². The second-order valence-electron chi connectivity index (χ2n) is 4.44. The Labute approximate surface area is 127 Å². The molecule has 0 aliphatic rings. The van der Waals surface area contributed by atoms with Crippen LogP contribution >= 0.6 is 28.1 Å². The molecule has 0 aliphatic carbocycles. The Kier molecular flexibility index (Phi) is 4.56. The lowest BCUT2D eigenvalue weighted by Crippen LogP contribution is -2.19. The first-order valence-electron chi connectivity index (χ1n) is 5.95. The van der Waals surface area contributed by atoms with Crippen LogP contribution in [-0.2, 0) is 0 Å². The van der Waals surface area contributed by atoms with Gasteiger partial charge in [-0.1, -0.05) is 18.2 Å². The van der Waals surface area contributed by atoms with Gasteiger partial charge in [-0.05, 0) is 77.4 Å². The van der Waals surface area contributed by atoms with Crippen LogP contribution in [0.4, 0.5) is 11.4 Å².